The van der Waals surface area contributed by atoms with Crippen molar-refractivity contribution in [1.29, 1.82) is 0 Å². The van der Waals surface area contributed by atoms with Crippen LogP contribution in [0.1, 0.15) is 30.8 Å². The molecule has 1 aromatic heterocycles. The summed E-state index contributed by atoms with van der Waals surface area (Å²) in [6.45, 7) is 6.86. The van der Waals surface area contributed by atoms with Gasteiger partial charge in [0.2, 0.25) is 0 Å². The van der Waals surface area contributed by atoms with E-state index in [4.69, 9.17) is 16.3 Å². The fourth-order valence-electron chi connectivity index (χ4n) is 2.00. The second kappa shape index (κ2) is 6.29. The van der Waals surface area contributed by atoms with E-state index in [9.17, 15) is 4.39 Å². The Kier molecular flexibility index (Phi) is 4.68. The molecule has 20 heavy (non-hydrogen) atoms. The van der Waals surface area contributed by atoms with Crippen LogP contribution < -0.4 is 0 Å². The van der Waals surface area contributed by atoms with Gasteiger partial charge in [0.1, 0.15) is 5.82 Å². The van der Waals surface area contributed by atoms with E-state index in [0.29, 0.717) is 29.6 Å². The number of rotatable bonds is 1. The van der Waals surface area contributed by atoms with Crippen molar-refractivity contribution in [2.24, 2.45) is 0 Å². The Bertz CT molecular complexity index is 632. The number of halogens is 2. The Morgan fingerprint density at radius 3 is 2.70 bits per heavy atom. The van der Waals surface area contributed by atoms with Crippen LogP contribution in [0.2, 0.25) is 5.02 Å². The third-order valence-corrected chi connectivity index (χ3v) is 3.19. The minimum Gasteiger partial charge on any atom is -0.370 e. The highest BCUT2D eigenvalue weighted by molar-refractivity contribution is 6.30. The lowest BCUT2D eigenvalue weighted by Crippen LogP contribution is -2.01. The first-order chi connectivity index (χ1) is 9.65. The molecule has 1 aliphatic rings. The van der Waals surface area contributed by atoms with Gasteiger partial charge in [-0.3, -0.25) is 0 Å². The normalized spacial score (nSPS) is 12.7. The van der Waals surface area contributed by atoms with Crippen LogP contribution in [0, 0.1) is 12.7 Å². The summed E-state index contributed by atoms with van der Waals surface area (Å²) < 4.78 is 19.1. The van der Waals surface area contributed by atoms with Crippen molar-refractivity contribution in [3.8, 4) is 11.4 Å². The Balaban J connectivity index is 0.000000704. The van der Waals surface area contributed by atoms with Gasteiger partial charge in [-0.05, 0) is 25.1 Å². The molecule has 0 atom stereocenters. The molecule has 0 spiro atoms. The first-order valence-corrected chi connectivity index (χ1v) is 6.92. The summed E-state index contributed by atoms with van der Waals surface area (Å²) >= 11 is 5.88. The molecule has 1 aromatic carbocycles. The van der Waals surface area contributed by atoms with Crippen molar-refractivity contribution in [2.75, 3.05) is 0 Å². The van der Waals surface area contributed by atoms with Gasteiger partial charge in [-0.15, -0.1) is 0 Å². The van der Waals surface area contributed by atoms with Crippen LogP contribution in [0.15, 0.2) is 18.2 Å². The maximum absolute atomic E-state index is 13.8. The van der Waals surface area contributed by atoms with Crippen LogP contribution in [0.3, 0.4) is 0 Å². The van der Waals surface area contributed by atoms with E-state index in [-0.39, 0.29) is 5.82 Å². The van der Waals surface area contributed by atoms with Crippen LogP contribution in [-0.2, 0) is 18.0 Å². The van der Waals surface area contributed by atoms with E-state index in [1.54, 1.807) is 0 Å². The van der Waals surface area contributed by atoms with Crippen molar-refractivity contribution < 1.29 is 9.13 Å². The molecule has 106 valence electrons. The average molecular weight is 295 g/mol. The summed E-state index contributed by atoms with van der Waals surface area (Å²) in [5.41, 5.74) is 2.98. The molecule has 3 nitrogen and oxygen atoms in total. The second-order valence-corrected chi connectivity index (χ2v) is 4.61. The van der Waals surface area contributed by atoms with Gasteiger partial charge in [0, 0.05) is 16.3 Å². The second-order valence-electron chi connectivity index (χ2n) is 4.17. The van der Waals surface area contributed by atoms with Gasteiger partial charge >= 0.3 is 0 Å². The molecule has 0 unspecified atom stereocenters. The third-order valence-electron chi connectivity index (χ3n) is 2.95. The van der Waals surface area contributed by atoms with Gasteiger partial charge in [0.05, 0.1) is 24.5 Å². The number of fused-ring (bicyclic) bond motifs is 1. The number of ether oxygens (including phenoxy) is 1. The predicted molar refractivity (Wildman–Crippen MR) is 77.0 cm³/mol. The van der Waals surface area contributed by atoms with Gasteiger partial charge in [-0.1, -0.05) is 25.4 Å². The van der Waals surface area contributed by atoms with Crippen molar-refractivity contribution in [2.45, 2.75) is 34.0 Å². The lowest BCUT2D eigenvalue weighted by Gasteiger charge is -2.07. The largest absolute Gasteiger partial charge is 0.370 e. The Morgan fingerprint density at radius 2 is 1.95 bits per heavy atom. The fourth-order valence-corrected chi connectivity index (χ4v) is 2.17. The summed E-state index contributed by atoms with van der Waals surface area (Å²) in [7, 11) is 0. The highest BCUT2D eigenvalue weighted by Crippen LogP contribution is 2.27. The summed E-state index contributed by atoms with van der Waals surface area (Å²) in [5.74, 6) is -0.0191. The first kappa shape index (κ1) is 14.9. The molecule has 0 saturated heterocycles. The number of benzene rings is 1. The lowest BCUT2D eigenvalue weighted by atomic mass is 10.1. The molecule has 0 aliphatic carbocycles. The van der Waals surface area contributed by atoms with Crippen LogP contribution in [0.25, 0.3) is 11.4 Å². The van der Waals surface area contributed by atoms with Crippen molar-refractivity contribution >= 4 is 11.6 Å². The van der Waals surface area contributed by atoms with Crippen LogP contribution in [0.5, 0.6) is 0 Å². The van der Waals surface area contributed by atoms with E-state index in [1.807, 2.05) is 20.8 Å². The molecule has 0 amide bonds. The van der Waals surface area contributed by atoms with E-state index >= 15 is 0 Å². The minimum absolute atomic E-state index is 0.320. The van der Waals surface area contributed by atoms with Crippen molar-refractivity contribution in [3.63, 3.8) is 0 Å². The third kappa shape index (κ3) is 2.81. The van der Waals surface area contributed by atoms with E-state index in [2.05, 4.69) is 9.97 Å². The molecular weight excluding hydrogens is 279 g/mol. The predicted octanol–water partition coefficient (Wildman–Crippen LogP) is 4.30. The number of nitrogens with zero attached hydrogens (tertiary/aromatic N) is 2. The fraction of sp³-hybridized carbons (Fsp3) is 0.333. The highest BCUT2D eigenvalue weighted by atomic mass is 35.5. The van der Waals surface area contributed by atoms with E-state index in [0.717, 1.165) is 17.0 Å². The zero-order valence-corrected chi connectivity index (χ0v) is 12.5. The topological polar surface area (TPSA) is 35.0 Å². The minimum atomic E-state index is -0.377. The molecule has 0 fully saturated rings. The Labute approximate surface area is 122 Å². The van der Waals surface area contributed by atoms with Crippen molar-refractivity contribution in [1.82, 2.24) is 9.97 Å². The Morgan fingerprint density at radius 1 is 1.20 bits per heavy atom. The van der Waals surface area contributed by atoms with Gasteiger partial charge in [-0.25, -0.2) is 14.4 Å². The summed E-state index contributed by atoms with van der Waals surface area (Å²) in [5, 5.41) is 0.462. The first-order valence-electron chi connectivity index (χ1n) is 6.54. The van der Waals surface area contributed by atoms with Gasteiger partial charge in [0.25, 0.3) is 0 Å². The molecular formula is C15H16ClFN2O. The van der Waals surface area contributed by atoms with Gasteiger partial charge in [-0.2, -0.15) is 0 Å². The van der Waals surface area contributed by atoms with Crippen LogP contribution in [-0.4, -0.2) is 9.97 Å². The molecule has 3 rings (SSSR count). The molecule has 2 heterocycles. The van der Waals surface area contributed by atoms with E-state index < -0.39 is 0 Å². The SMILES string of the molecule is CC.Cc1nc(-c2cc(Cl)ccc2F)nc2c1COC2. The van der Waals surface area contributed by atoms with Crippen LogP contribution >= 0.6 is 11.6 Å². The van der Waals surface area contributed by atoms with Crippen LogP contribution in [0.4, 0.5) is 4.39 Å². The Hall–Kier alpha value is -1.52. The molecule has 0 radical (unpaired) electrons. The standard InChI is InChI=1S/C13H10ClFN2O.C2H6/c1-7-10-5-18-6-12(10)17-13(16-7)9-4-8(14)2-3-11(9)15;1-2/h2-4H,5-6H2,1H3;1-2H3. The molecule has 5 heteroatoms. The maximum Gasteiger partial charge on any atom is 0.162 e. The highest BCUT2D eigenvalue weighted by Gasteiger charge is 2.19. The van der Waals surface area contributed by atoms with Crippen molar-refractivity contribution in [3.05, 3.63) is 46.0 Å². The van der Waals surface area contributed by atoms with Gasteiger partial charge in [0.15, 0.2) is 5.82 Å². The number of aryl methyl sites for hydroxylation is 1. The molecule has 0 saturated carbocycles. The number of hydrogen-bond donors (Lipinski definition) is 0. The molecule has 0 bridgehead atoms. The lowest BCUT2D eigenvalue weighted by molar-refractivity contribution is 0.133. The number of hydrogen-bond acceptors (Lipinski definition) is 3. The summed E-state index contributed by atoms with van der Waals surface area (Å²) in [6, 6.07) is 4.36. The monoisotopic (exact) mass is 294 g/mol. The molecule has 2 aromatic rings. The number of aromatic nitrogens is 2. The smallest absolute Gasteiger partial charge is 0.162 e. The quantitative estimate of drug-likeness (QED) is 0.786. The molecule has 0 N–H and O–H groups in total. The zero-order valence-electron chi connectivity index (χ0n) is 11.7. The average Bonchev–Trinajstić information content (AvgIpc) is 2.92. The van der Waals surface area contributed by atoms with Gasteiger partial charge < -0.3 is 4.74 Å². The summed E-state index contributed by atoms with van der Waals surface area (Å²) in [4.78, 5) is 8.68. The zero-order chi connectivity index (χ0) is 14.7. The molecule has 1 aliphatic heterocycles. The maximum atomic E-state index is 13.8. The van der Waals surface area contributed by atoms with E-state index in [1.165, 1.54) is 18.2 Å². The summed E-state index contributed by atoms with van der Waals surface area (Å²) in [6.07, 6.45) is 0.